The molecule has 17 heavy (non-hydrogen) atoms. The summed E-state index contributed by atoms with van der Waals surface area (Å²) in [5.74, 6) is -0.193. The van der Waals surface area contributed by atoms with Crippen LogP contribution < -0.4 is 5.32 Å². The predicted octanol–water partition coefficient (Wildman–Crippen LogP) is 3.66. The normalized spacial score (nSPS) is 13.4. The summed E-state index contributed by atoms with van der Waals surface area (Å²) in [6, 6.07) is 6.90. The Kier molecular flexibility index (Phi) is 4.88. The lowest BCUT2D eigenvalue weighted by molar-refractivity contribution is 0.394. The molecular formula is C15H22FN. The molecule has 0 aromatic heterocycles. The van der Waals surface area contributed by atoms with Crippen molar-refractivity contribution in [1.29, 1.82) is 0 Å². The fourth-order valence-electron chi connectivity index (χ4n) is 1.99. The quantitative estimate of drug-likeness (QED) is 0.742. The lowest BCUT2D eigenvalue weighted by Crippen LogP contribution is -2.43. The molecule has 1 aromatic carbocycles. The number of rotatable bonds is 6. The van der Waals surface area contributed by atoms with E-state index in [0.29, 0.717) is 0 Å². The van der Waals surface area contributed by atoms with Gasteiger partial charge in [0.1, 0.15) is 5.82 Å². The molecule has 2 heteroatoms. The van der Waals surface area contributed by atoms with Crippen molar-refractivity contribution in [1.82, 2.24) is 5.32 Å². The highest BCUT2D eigenvalue weighted by atomic mass is 19.1. The van der Waals surface area contributed by atoms with Crippen molar-refractivity contribution in [3.8, 4) is 0 Å². The van der Waals surface area contributed by atoms with Gasteiger partial charge in [0.15, 0.2) is 0 Å². The Morgan fingerprint density at radius 1 is 1.35 bits per heavy atom. The van der Waals surface area contributed by atoms with Gasteiger partial charge in [-0.25, -0.2) is 4.39 Å². The Hall–Kier alpha value is -1.15. The van der Waals surface area contributed by atoms with E-state index in [9.17, 15) is 4.39 Å². The highest BCUT2D eigenvalue weighted by Gasteiger charge is 2.28. The number of benzene rings is 1. The molecule has 0 fully saturated rings. The summed E-state index contributed by atoms with van der Waals surface area (Å²) in [4.78, 5) is 0. The monoisotopic (exact) mass is 235 g/mol. The zero-order valence-electron chi connectivity index (χ0n) is 11.0. The van der Waals surface area contributed by atoms with Crippen LogP contribution in [0.5, 0.6) is 0 Å². The summed E-state index contributed by atoms with van der Waals surface area (Å²) >= 11 is 0. The lowest BCUT2D eigenvalue weighted by Gasteiger charge is -2.33. The molecule has 0 aliphatic rings. The molecule has 1 atom stereocenters. The molecule has 0 saturated heterocycles. The van der Waals surface area contributed by atoms with E-state index in [1.54, 1.807) is 0 Å². The van der Waals surface area contributed by atoms with Crippen molar-refractivity contribution >= 4 is 0 Å². The number of halogens is 1. The number of nitrogens with one attached hydrogen (secondary N) is 1. The van der Waals surface area contributed by atoms with Gasteiger partial charge < -0.3 is 5.32 Å². The van der Waals surface area contributed by atoms with Crippen LogP contribution in [0.1, 0.15) is 32.8 Å². The Labute approximate surface area is 104 Å². The molecule has 0 bridgehead atoms. The molecule has 1 rings (SSSR count). The van der Waals surface area contributed by atoms with Gasteiger partial charge in [0, 0.05) is 11.5 Å². The molecule has 0 amide bonds. The van der Waals surface area contributed by atoms with Gasteiger partial charge in [-0.15, -0.1) is 6.58 Å². The summed E-state index contributed by atoms with van der Waals surface area (Å²) in [7, 11) is 0. The average molecular weight is 235 g/mol. The van der Waals surface area contributed by atoms with Crippen LogP contribution in [0.25, 0.3) is 0 Å². The fourth-order valence-corrected chi connectivity index (χ4v) is 1.99. The highest BCUT2D eigenvalue weighted by Crippen LogP contribution is 2.27. The van der Waals surface area contributed by atoms with E-state index in [4.69, 9.17) is 0 Å². The third kappa shape index (κ3) is 3.40. The standard InChI is InChI=1S/C15H22FN/c1-5-11-17-14(6-2)15(3,4)12-7-9-13(16)10-8-12/h6-10,14,17H,2,5,11H2,1,3-4H3. The van der Waals surface area contributed by atoms with E-state index >= 15 is 0 Å². The molecule has 1 unspecified atom stereocenters. The van der Waals surface area contributed by atoms with E-state index in [-0.39, 0.29) is 17.3 Å². The van der Waals surface area contributed by atoms with Gasteiger partial charge in [-0.2, -0.15) is 0 Å². The van der Waals surface area contributed by atoms with Crippen LogP contribution in [0.15, 0.2) is 36.9 Å². The maximum absolute atomic E-state index is 12.9. The minimum absolute atomic E-state index is 0.0926. The number of hydrogen-bond donors (Lipinski definition) is 1. The first-order chi connectivity index (χ1) is 8.02. The van der Waals surface area contributed by atoms with E-state index in [1.807, 2.05) is 18.2 Å². The lowest BCUT2D eigenvalue weighted by atomic mass is 9.77. The van der Waals surface area contributed by atoms with Crippen LogP contribution in [-0.4, -0.2) is 12.6 Å². The summed E-state index contributed by atoms with van der Waals surface area (Å²) in [5, 5.41) is 3.46. The minimum Gasteiger partial charge on any atom is -0.310 e. The van der Waals surface area contributed by atoms with Crippen molar-refractivity contribution in [3.63, 3.8) is 0 Å². The van der Waals surface area contributed by atoms with Crippen LogP contribution in [0.4, 0.5) is 4.39 Å². The van der Waals surface area contributed by atoms with Crippen molar-refractivity contribution < 1.29 is 4.39 Å². The van der Waals surface area contributed by atoms with E-state index < -0.39 is 0 Å². The highest BCUT2D eigenvalue weighted by molar-refractivity contribution is 5.28. The van der Waals surface area contributed by atoms with Crippen LogP contribution in [0, 0.1) is 5.82 Å². The van der Waals surface area contributed by atoms with Gasteiger partial charge in [0.25, 0.3) is 0 Å². The Bertz CT molecular complexity index is 354. The Morgan fingerprint density at radius 2 is 1.94 bits per heavy atom. The van der Waals surface area contributed by atoms with Crippen LogP contribution in [0.2, 0.25) is 0 Å². The van der Waals surface area contributed by atoms with Crippen molar-refractivity contribution in [2.45, 2.75) is 38.6 Å². The first-order valence-electron chi connectivity index (χ1n) is 6.14. The first kappa shape index (κ1) is 13.9. The van der Waals surface area contributed by atoms with Gasteiger partial charge in [0.05, 0.1) is 0 Å². The topological polar surface area (TPSA) is 12.0 Å². The van der Waals surface area contributed by atoms with Crippen molar-refractivity contribution in [2.75, 3.05) is 6.54 Å². The SMILES string of the molecule is C=CC(NCCC)C(C)(C)c1ccc(F)cc1. The van der Waals surface area contributed by atoms with Crippen LogP contribution in [0.3, 0.4) is 0 Å². The summed E-state index contributed by atoms with van der Waals surface area (Å²) < 4.78 is 12.9. The maximum Gasteiger partial charge on any atom is 0.123 e. The summed E-state index contributed by atoms with van der Waals surface area (Å²) in [6.07, 6.45) is 3.02. The van der Waals surface area contributed by atoms with Gasteiger partial charge >= 0.3 is 0 Å². The molecule has 94 valence electrons. The zero-order chi connectivity index (χ0) is 12.9. The van der Waals surface area contributed by atoms with Crippen molar-refractivity contribution in [2.24, 2.45) is 0 Å². The minimum atomic E-state index is -0.193. The molecule has 0 aliphatic carbocycles. The molecule has 1 nitrogen and oxygen atoms in total. The van der Waals surface area contributed by atoms with E-state index in [1.165, 1.54) is 12.1 Å². The van der Waals surface area contributed by atoms with Gasteiger partial charge in [-0.3, -0.25) is 0 Å². The van der Waals surface area contributed by atoms with Crippen molar-refractivity contribution in [3.05, 3.63) is 48.3 Å². The van der Waals surface area contributed by atoms with Crippen LogP contribution >= 0.6 is 0 Å². The Morgan fingerprint density at radius 3 is 2.41 bits per heavy atom. The number of hydrogen-bond acceptors (Lipinski definition) is 1. The van der Waals surface area contributed by atoms with E-state index in [2.05, 4.69) is 32.7 Å². The molecule has 1 N–H and O–H groups in total. The zero-order valence-corrected chi connectivity index (χ0v) is 11.0. The third-order valence-electron chi connectivity index (χ3n) is 3.22. The molecule has 0 aliphatic heterocycles. The molecule has 0 spiro atoms. The van der Waals surface area contributed by atoms with Gasteiger partial charge in [0.2, 0.25) is 0 Å². The Balaban J connectivity index is 2.90. The maximum atomic E-state index is 12.9. The van der Waals surface area contributed by atoms with E-state index in [0.717, 1.165) is 18.5 Å². The second kappa shape index (κ2) is 5.97. The smallest absolute Gasteiger partial charge is 0.123 e. The molecule has 1 aromatic rings. The summed E-state index contributed by atoms with van der Waals surface area (Å²) in [6.45, 7) is 11.3. The largest absolute Gasteiger partial charge is 0.310 e. The summed E-state index contributed by atoms with van der Waals surface area (Å²) in [5.41, 5.74) is 1.03. The van der Waals surface area contributed by atoms with Gasteiger partial charge in [-0.05, 0) is 30.7 Å². The van der Waals surface area contributed by atoms with Gasteiger partial charge in [-0.1, -0.05) is 39.0 Å². The molecule has 0 radical (unpaired) electrons. The predicted molar refractivity (Wildman–Crippen MR) is 71.7 cm³/mol. The first-order valence-corrected chi connectivity index (χ1v) is 6.14. The molecule has 0 heterocycles. The molecular weight excluding hydrogens is 213 g/mol. The fraction of sp³-hybridized carbons (Fsp3) is 0.467. The average Bonchev–Trinajstić information content (AvgIpc) is 2.30. The van der Waals surface area contributed by atoms with Crippen LogP contribution in [-0.2, 0) is 5.41 Å². The second-order valence-corrected chi connectivity index (χ2v) is 4.90. The molecule has 0 saturated carbocycles. The second-order valence-electron chi connectivity index (χ2n) is 4.90. The third-order valence-corrected chi connectivity index (χ3v) is 3.22.